The van der Waals surface area contributed by atoms with Crippen molar-refractivity contribution in [2.45, 2.75) is 30.4 Å². The predicted octanol–water partition coefficient (Wildman–Crippen LogP) is 4.52. The van der Waals surface area contributed by atoms with Gasteiger partial charge in [0.2, 0.25) is 0 Å². The Bertz CT molecular complexity index is 610. The van der Waals surface area contributed by atoms with Gasteiger partial charge in [-0.1, -0.05) is 31.6 Å². The smallest absolute Gasteiger partial charge is 0.130 e. The number of thioether (sulfide) groups is 1. The average molecular weight is 294 g/mol. The van der Waals surface area contributed by atoms with Crippen LogP contribution in [0.25, 0.3) is 0 Å². The monoisotopic (exact) mass is 294 g/mol. The zero-order valence-electron chi connectivity index (χ0n) is 10.6. The van der Waals surface area contributed by atoms with E-state index < -0.39 is 0 Å². The van der Waals surface area contributed by atoms with E-state index in [-0.39, 0.29) is 5.82 Å². The number of aromatic nitrogens is 2. The summed E-state index contributed by atoms with van der Waals surface area (Å²) in [5, 5.41) is 0. The molecule has 2 aromatic rings. The lowest BCUT2D eigenvalue weighted by Gasteiger charge is -2.05. The van der Waals surface area contributed by atoms with E-state index in [4.69, 9.17) is 12.2 Å². The maximum atomic E-state index is 13.1. The van der Waals surface area contributed by atoms with Gasteiger partial charge in [0.15, 0.2) is 0 Å². The van der Waals surface area contributed by atoms with Crippen molar-refractivity contribution >= 4 is 24.0 Å². The fourth-order valence-corrected chi connectivity index (χ4v) is 2.81. The number of H-pyrrole nitrogens is 1. The number of hydrogen-bond acceptors (Lipinski definition) is 3. The topological polar surface area (TPSA) is 28.7 Å². The predicted molar refractivity (Wildman–Crippen MR) is 79.4 cm³/mol. The molecule has 0 radical (unpaired) electrons. The molecule has 19 heavy (non-hydrogen) atoms. The molecule has 0 spiro atoms. The van der Waals surface area contributed by atoms with Crippen LogP contribution < -0.4 is 0 Å². The van der Waals surface area contributed by atoms with Gasteiger partial charge in [-0.05, 0) is 30.7 Å². The Kier molecular flexibility index (Phi) is 5.10. The first-order chi connectivity index (χ1) is 9.17. The molecule has 0 aliphatic rings. The van der Waals surface area contributed by atoms with Gasteiger partial charge in [-0.15, -0.1) is 11.8 Å². The SMILES string of the molecule is CCCc1cc(=S)nc(CSc2cccc(F)c2)[nH]1. The highest BCUT2D eigenvalue weighted by Crippen LogP contribution is 2.22. The van der Waals surface area contributed by atoms with E-state index in [1.165, 1.54) is 12.1 Å². The van der Waals surface area contributed by atoms with Gasteiger partial charge in [-0.3, -0.25) is 0 Å². The van der Waals surface area contributed by atoms with Crippen LogP contribution >= 0.6 is 24.0 Å². The molecule has 0 saturated carbocycles. The zero-order chi connectivity index (χ0) is 13.7. The maximum absolute atomic E-state index is 13.1. The van der Waals surface area contributed by atoms with Crippen molar-refractivity contribution in [3.63, 3.8) is 0 Å². The highest BCUT2D eigenvalue weighted by atomic mass is 32.2. The summed E-state index contributed by atoms with van der Waals surface area (Å²) >= 11 is 6.70. The third-order valence-electron chi connectivity index (χ3n) is 2.54. The minimum Gasteiger partial charge on any atom is -0.346 e. The van der Waals surface area contributed by atoms with Crippen LogP contribution in [0.5, 0.6) is 0 Å². The molecule has 0 bridgehead atoms. The second-order valence-electron chi connectivity index (χ2n) is 4.19. The van der Waals surface area contributed by atoms with Crippen molar-refractivity contribution < 1.29 is 4.39 Å². The molecule has 0 aliphatic carbocycles. The van der Waals surface area contributed by atoms with Crippen LogP contribution in [-0.2, 0) is 12.2 Å². The van der Waals surface area contributed by atoms with Crippen molar-refractivity contribution in [1.29, 1.82) is 0 Å². The molecule has 0 saturated heterocycles. The molecule has 0 unspecified atom stereocenters. The van der Waals surface area contributed by atoms with Crippen molar-refractivity contribution in [2.24, 2.45) is 0 Å². The Labute approximate surface area is 121 Å². The Morgan fingerprint density at radius 2 is 2.21 bits per heavy atom. The summed E-state index contributed by atoms with van der Waals surface area (Å²) in [7, 11) is 0. The summed E-state index contributed by atoms with van der Waals surface area (Å²) in [6.07, 6.45) is 2.02. The Morgan fingerprint density at radius 3 is 2.95 bits per heavy atom. The minimum absolute atomic E-state index is 0.217. The molecule has 0 atom stereocenters. The summed E-state index contributed by atoms with van der Waals surface area (Å²) in [4.78, 5) is 8.47. The molecule has 100 valence electrons. The second-order valence-corrected chi connectivity index (χ2v) is 5.65. The normalized spacial score (nSPS) is 10.6. The number of benzene rings is 1. The van der Waals surface area contributed by atoms with Gasteiger partial charge >= 0.3 is 0 Å². The van der Waals surface area contributed by atoms with Crippen LogP contribution in [0.4, 0.5) is 4.39 Å². The lowest BCUT2D eigenvalue weighted by molar-refractivity contribution is 0.624. The summed E-state index contributed by atoms with van der Waals surface area (Å²) in [6, 6.07) is 8.46. The molecular formula is C14H15FN2S2. The first-order valence-corrected chi connectivity index (χ1v) is 7.54. The number of aryl methyl sites for hydroxylation is 1. The van der Waals surface area contributed by atoms with Crippen LogP contribution in [-0.4, -0.2) is 9.97 Å². The lowest BCUT2D eigenvalue weighted by Crippen LogP contribution is -1.98. The molecule has 2 rings (SSSR count). The highest BCUT2D eigenvalue weighted by molar-refractivity contribution is 7.98. The van der Waals surface area contributed by atoms with E-state index in [1.807, 2.05) is 12.1 Å². The molecule has 1 heterocycles. The third kappa shape index (κ3) is 4.44. The standard InChI is InChI=1S/C14H15FN2S2/c1-2-4-11-8-14(18)17-13(16-11)9-19-12-6-3-5-10(15)7-12/h3,5-8H,2,4,9H2,1H3,(H,16,17,18). The molecule has 0 amide bonds. The van der Waals surface area contributed by atoms with Gasteiger partial charge < -0.3 is 4.98 Å². The second kappa shape index (κ2) is 6.82. The quantitative estimate of drug-likeness (QED) is 0.649. The van der Waals surface area contributed by atoms with E-state index >= 15 is 0 Å². The fraction of sp³-hybridized carbons (Fsp3) is 0.286. The lowest BCUT2D eigenvalue weighted by atomic mass is 10.2. The maximum Gasteiger partial charge on any atom is 0.130 e. The highest BCUT2D eigenvalue weighted by Gasteiger charge is 2.01. The van der Waals surface area contributed by atoms with Crippen molar-refractivity contribution in [1.82, 2.24) is 9.97 Å². The molecular weight excluding hydrogens is 279 g/mol. The van der Waals surface area contributed by atoms with Crippen LogP contribution in [0.1, 0.15) is 24.9 Å². The van der Waals surface area contributed by atoms with Gasteiger partial charge in [0.05, 0.1) is 5.75 Å². The van der Waals surface area contributed by atoms with Crippen molar-refractivity contribution in [2.75, 3.05) is 0 Å². The van der Waals surface area contributed by atoms with Crippen LogP contribution in [0.3, 0.4) is 0 Å². The number of nitrogens with one attached hydrogen (secondary N) is 1. The summed E-state index contributed by atoms with van der Waals surface area (Å²) in [5.41, 5.74) is 1.11. The first-order valence-electron chi connectivity index (χ1n) is 6.15. The summed E-state index contributed by atoms with van der Waals surface area (Å²) < 4.78 is 13.7. The van der Waals surface area contributed by atoms with Gasteiger partial charge in [0, 0.05) is 10.6 Å². The minimum atomic E-state index is -0.217. The van der Waals surface area contributed by atoms with E-state index in [1.54, 1.807) is 17.8 Å². The Hall–Kier alpha value is -1.20. The zero-order valence-corrected chi connectivity index (χ0v) is 12.3. The van der Waals surface area contributed by atoms with E-state index in [9.17, 15) is 4.39 Å². The van der Waals surface area contributed by atoms with Crippen molar-refractivity contribution in [3.05, 3.63) is 52.3 Å². The largest absolute Gasteiger partial charge is 0.346 e. The summed E-state index contributed by atoms with van der Waals surface area (Å²) in [6.45, 7) is 2.12. The molecule has 0 fully saturated rings. The summed E-state index contributed by atoms with van der Waals surface area (Å²) in [5.74, 6) is 1.28. The molecule has 2 nitrogen and oxygen atoms in total. The molecule has 1 N–H and O–H groups in total. The number of aromatic amines is 1. The van der Waals surface area contributed by atoms with Crippen LogP contribution in [0.15, 0.2) is 35.2 Å². The fourth-order valence-electron chi connectivity index (χ4n) is 1.74. The number of hydrogen-bond donors (Lipinski definition) is 1. The first kappa shape index (κ1) is 14.2. The third-order valence-corrected chi connectivity index (χ3v) is 3.75. The van der Waals surface area contributed by atoms with Crippen LogP contribution in [0.2, 0.25) is 0 Å². The van der Waals surface area contributed by atoms with E-state index in [0.717, 1.165) is 29.3 Å². The van der Waals surface area contributed by atoms with Gasteiger partial charge in [0.25, 0.3) is 0 Å². The van der Waals surface area contributed by atoms with Crippen LogP contribution in [0, 0.1) is 10.5 Å². The van der Waals surface area contributed by atoms with Gasteiger partial charge in [-0.2, -0.15) is 0 Å². The van der Waals surface area contributed by atoms with Gasteiger partial charge in [-0.25, -0.2) is 9.37 Å². The average Bonchev–Trinajstić information content (AvgIpc) is 2.36. The van der Waals surface area contributed by atoms with E-state index in [0.29, 0.717) is 10.4 Å². The molecule has 5 heteroatoms. The van der Waals surface area contributed by atoms with Crippen molar-refractivity contribution in [3.8, 4) is 0 Å². The number of rotatable bonds is 5. The van der Waals surface area contributed by atoms with Gasteiger partial charge in [0.1, 0.15) is 16.3 Å². The Morgan fingerprint density at radius 1 is 1.37 bits per heavy atom. The number of nitrogens with zero attached hydrogens (tertiary/aromatic N) is 1. The molecule has 1 aromatic heterocycles. The Balaban J connectivity index is 2.09. The molecule has 1 aromatic carbocycles. The van der Waals surface area contributed by atoms with E-state index in [2.05, 4.69) is 16.9 Å². The number of halogens is 1. The molecule has 0 aliphatic heterocycles.